The fourth-order valence-electron chi connectivity index (χ4n) is 2.82. The quantitative estimate of drug-likeness (QED) is 0.232. The van der Waals surface area contributed by atoms with Crippen molar-refractivity contribution in [2.24, 2.45) is 5.10 Å². The van der Waals surface area contributed by atoms with E-state index in [1.807, 2.05) is 22.6 Å². The topological polar surface area (TPSA) is 113 Å². The van der Waals surface area contributed by atoms with E-state index >= 15 is 0 Å². The van der Waals surface area contributed by atoms with E-state index in [-0.39, 0.29) is 17.7 Å². The molecule has 0 heterocycles. The van der Waals surface area contributed by atoms with Crippen LogP contribution in [0.25, 0.3) is 0 Å². The molecule has 3 aromatic rings. The largest absolute Gasteiger partial charge is 0.493 e. The van der Waals surface area contributed by atoms with Crippen LogP contribution in [0.2, 0.25) is 0 Å². The van der Waals surface area contributed by atoms with Crippen LogP contribution in [-0.4, -0.2) is 31.7 Å². The van der Waals surface area contributed by atoms with Crippen LogP contribution < -0.4 is 20.2 Å². The second kappa shape index (κ2) is 11.9. The number of hydrazone groups is 1. The predicted octanol–water partition coefficient (Wildman–Crippen LogP) is 4.23. The van der Waals surface area contributed by atoms with Crippen LogP contribution in [0.15, 0.2) is 59.7 Å². The van der Waals surface area contributed by atoms with Crippen molar-refractivity contribution >= 4 is 46.3 Å². The minimum Gasteiger partial charge on any atom is -0.493 e. The van der Waals surface area contributed by atoms with Gasteiger partial charge in [0.05, 0.1) is 34.1 Å². The van der Waals surface area contributed by atoms with Crippen LogP contribution in [0.1, 0.15) is 21.5 Å². The van der Waals surface area contributed by atoms with Crippen molar-refractivity contribution in [3.63, 3.8) is 0 Å². The fourth-order valence-corrected chi connectivity index (χ4v) is 3.60. The molecule has 0 atom stereocenters. The lowest BCUT2D eigenvalue weighted by atomic mass is 10.1. The number of nitrogens with zero attached hydrogens (tertiary/aromatic N) is 2. The summed E-state index contributed by atoms with van der Waals surface area (Å²) in [5, 5.41) is 15.2. The van der Waals surface area contributed by atoms with Crippen molar-refractivity contribution in [1.29, 1.82) is 5.26 Å². The van der Waals surface area contributed by atoms with Crippen LogP contribution in [0.4, 0.5) is 14.5 Å². The van der Waals surface area contributed by atoms with Crippen molar-refractivity contribution in [2.45, 2.75) is 0 Å². The summed E-state index contributed by atoms with van der Waals surface area (Å²) in [7, 11) is 1.42. The second-order valence-electron chi connectivity index (χ2n) is 6.88. The van der Waals surface area contributed by atoms with E-state index in [2.05, 4.69) is 15.8 Å². The van der Waals surface area contributed by atoms with Gasteiger partial charge in [-0.15, -0.1) is 0 Å². The minimum atomic E-state index is -0.835. The van der Waals surface area contributed by atoms with Gasteiger partial charge in [0, 0.05) is 5.69 Å². The maximum atomic E-state index is 14.0. The highest BCUT2D eigenvalue weighted by Crippen LogP contribution is 2.33. The van der Waals surface area contributed by atoms with Crippen molar-refractivity contribution in [2.75, 3.05) is 19.0 Å². The number of carbonyl (C=O) groups is 2. The van der Waals surface area contributed by atoms with Gasteiger partial charge < -0.3 is 14.8 Å². The lowest BCUT2D eigenvalue weighted by Crippen LogP contribution is -2.20. The third-order valence-corrected chi connectivity index (χ3v) is 5.25. The average Bonchev–Trinajstić information content (AvgIpc) is 2.84. The summed E-state index contributed by atoms with van der Waals surface area (Å²) < 4.78 is 38.5. The number of nitrogens with one attached hydrogen (secondary N) is 2. The van der Waals surface area contributed by atoms with Gasteiger partial charge in [-0.25, -0.2) is 14.2 Å². The van der Waals surface area contributed by atoms with Gasteiger partial charge in [-0.1, -0.05) is 0 Å². The van der Waals surface area contributed by atoms with Gasteiger partial charge >= 0.3 is 0 Å². The summed E-state index contributed by atoms with van der Waals surface area (Å²) in [5.41, 5.74) is 3.03. The summed E-state index contributed by atoms with van der Waals surface area (Å²) in [6, 6.07) is 13.8. The Bertz CT molecular complexity index is 1320. The molecule has 0 radical (unpaired) electrons. The van der Waals surface area contributed by atoms with Gasteiger partial charge in [0.2, 0.25) is 0 Å². The standard InChI is InChI=1S/C24H17F2IN4O4/c1-34-21-10-15(12-29-31-24(33)18-7-2-14(11-28)8-19(18)26)9-20(27)23(21)35-13-22(32)30-17-5-3-16(25)4-6-17/h2-10,12H,13H2,1H3,(H,30,32)(H,31,33)/b29-12-. The first-order chi connectivity index (χ1) is 16.8. The molecule has 2 amide bonds. The van der Waals surface area contributed by atoms with Gasteiger partial charge in [-0.2, -0.15) is 10.4 Å². The summed E-state index contributed by atoms with van der Waals surface area (Å²) in [4.78, 5) is 24.3. The molecule has 2 N–H and O–H groups in total. The Morgan fingerprint density at radius 1 is 1.14 bits per heavy atom. The molecule has 0 spiro atoms. The summed E-state index contributed by atoms with van der Waals surface area (Å²) >= 11 is 1.99. The van der Waals surface area contributed by atoms with Gasteiger partial charge in [0.25, 0.3) is 11.8 Å². The first-order valence-corrected chi connectivity index (χ1v) is 11.0. The zero-order valence-corrected chi connectivity index (χ0v) is 20.3. The molecular weight excluding hydrogens is 573 g/mol. The van der Waals surface area contributed by atoms with Gasteiger partial charge in [-0.3, -0.25) is 9.59 Å². The first kappa shape index (κ1) is 25.6. The molecule has 0 aliphatic heterocycles. The molecule has 0 aromatic heterocycles. The number of hydrogen-bond acceptors (Lipinski definition) is 6. The molecule has 0 aliphatic carbocycles. The Hall–Kier alpha value is -4.05. The molecule has 8 nitrogen and oxygen atoms in total. The maximum Gasteiger partial charge on any atom is 0.274 e. The highest BCUT2D eigenvalue weighted by Gasteiger charge is 2.14. The molecule has 35 heavy (non-hydrogen) atoms. The first-order valence-electron chi connectivity index (χ1n) is 9.89. The summed E-state index contributed by atoms with van der Waals surface area (Å²) in [6.07, 6.45) is 1.33. The van der Waals surface area contributed by atoms with E-state index < -0.39 is 23.4 Å². The third-order valence-electron chi connectivity index (χ3n) is 4.45. The van der Waals surface area contributed by atoms with Gasteiger partial charge in [0.15, 0.2) is 18.1 Å². The van der Waals surface area contributed by atoms with Crippen molar-refractivity contribution in [3.8, 4) is 17.6 Å². The Labute approximate surface area is 212 Å². The molecular formula is C24H17F2IN4O4. The fraction of sp³-hybridized carbons (Fsp3) is 0.0833. The highest BCUT2D eigenvalue weighted by molar-refractivity contribution is 14.1. The number of ether oxygens (including phenoxy) is 2. The number of nitriles is 1. The number of benzene rings is 3. The molecule has 3 aromatic carbocycles. The van der Waals surface area contributed by atoms with Gasteiger partial charge in [0.1, 0.15) is 11.6 Å². The number of amides is 2. The molecule has 3 rings (SSSR count). The van der Waals surface area contributed by atoms with E-state index in [1.165, 1.54) is 49.7 Å². The lowest BCUT2D eigenvalue weighted by Gasteiger charge is -2.13. The van der Waals surface area contributed by atoms with E-state index in [0.717, 1.165) is 6.07 Å². The van der Waals surface area contributed by atoms with Crippen molar-refractivity contribution in [3.05, 3.63) is 86.5 Å². The summed E-state index contributed by atoms with van der Waals surface area (Å²) in [6.45, 7) is -0.316. The Morgan fingerprint density at radius 2 is 1.89 bits per heavy atom. The van der Waals surface area contributed by atoms with Crippen LogP contribution in [-0.2, 0) is 4.79 Å². The predicted molar refractivity (Wildman–Crippen MR) is 132 cm³/mol. The lowest BCUT2D eigenvalue weighted by molar-refractivity contribution is -0.118. The van der Waals surface area contributed by atoms with E-state index in [9.17, 15) is 18.4 Å². The van der Waals surface area contributed by atoms with Crippen LogP contribution in [0.3, 0.4) is 0 Å². The number of carbonyl (C=O) groups excluding carboxylic acids is 2. The van der Waals surface area contributed by atoms with E-state index in [4.69, 9.17) is 14.7 Å². The SMILES string of the molecule is COc1cc(/C=N\NC(=O)c2ccc(C#N)cc2F)cc(I)c1OCC(=O)Nc1ccc(F)cc1. The molecule has 11 heteroatoms. The monoisotopic (exact) mass is 590 g/mol. The number of anilines is 1. The molecule has 0 aliphatic rings. The molecule has 0 fully saturated rings. The number of halogens is 3. The number of methoxy groups -OCH3 is 1. The maximum absolute atomic E-state index is 14.0. The average molecular weight is 590 g/mol. The van der Waals surface area contributed by atoms with Crippen molar-refractivity contribution < 1.29 is 27.8 Å². The number of hydrogen-bond donors (Lipinski definition) is 2. The zero-order chi connectivity index (χ0) is 25.4. The van der Waals surface area contributed by atoms with E-state index in [1.54, 1.807) is 18.2 Å². The van der Waals surface area contributed by atoms with Gasteiger partial charge in [-0.05, 0) is 82.8 Å². The summed E-state index contributed by atoms with van der Waals surface area (Å²) in [5.74, 6) is -1.84. The smallest absolute Gasteiger partial charge is 0.274 e. The number of rotatable bonds is 8. The molecule has 0 saturated carbocycles. The Balaban J connectivity index is 1.64. The van der Waals surface area contributed by atoms with E-state index in [0.29, 0.717) is 26.3 Å². The Kier molecular flexibility index (Phi) is 8.69. The molecule has 178 valence electrons. The van der Waals surface area contributed by atoms with Crippen molar-refractivity contribution in [1.82, 2.24) is 5.43 Å². The van der Waals surface area contributed by atoms with Crippen LogP contribution in [0, 0.1) is 26.5 Å². The van der Waals surface area contributed by atoms with Crippen LogP contribution >= 0.6 is 22.6 Å². The minimum absolute atomic E-state index is 0.0967. The molecule has 0 saturated heterocycles. The zero-order valence-electron chi connectivity index (χ0n) is 18.1. The second-order valence-corrected chi connectivity index (χ2v) is 8.05. The molecule has 0 bridgehead atoms. The normalized spacial score (nSPS) is 10.5. The third kappa shape index (κ3) is 6.97. The van der Waals surface area contributed by atoms with Crippen LogP contribution in [0.5, 0.6) is 11.5 Å². The highest BCUT2D eigenvalue weighted by atomic mass is 127. The molecule has 0 unspecified atom stereocenters. The Morgan fingerprint density at radius 3 is 2.54 bits per heavy atom.